The molecule has 170 valence electrons. The molecule has 0 aromatic heterocycles. The summed E-state index contributed by atoms with van der Waals surface area (Å²) in [4.78, 5) is 27.6. The molecule has 1 aromatic carbocycles. The quantitative estimate of drug-likeness (QED) is 0.700. The van der Waals surface area contributed by atoms with Crippen LogP contribution in [0.1, 0.15) is 51.0 Å². The number of rotatable bonds is 7. The van der Waals surface area contributed by atoms with Gasteiger partial charge in [0, 0.05) is 31.1 Å². The summed E-state index contributed by atoms with van der Waals surface area (Å²) in [6.07, 6.45) is 6.21. The Balaban J connectivity index is 1.31. The molecule has 1 aromatic rings. The first kappa shape index (κ1) is 22.3. The van der Waals surface area contributed by atoms with Crippen molar-refractivity contribution in [1.82, 2.24) is 10.2 Å². The number of hydrogen-bond acceptors (Lipinski definition) is 4. The lowest BCUT2D eigenvalue weighted by molar-refractivity contribution is -0.141. The van der Waals surface area contributed by atoms with Gasteiger partial charge in [-0.15, -0.1) is 0 Å². The third kappa shape index (κ3) is 5.12. The van der Waals surface area contributed by atoms with Crippen molar-refractivity contribution in [2.45, 2.75) is 64.0 Å². The molecule has 0 radical (unpaired) electrons. The lowest BCUT2D eigenvalue weighted by Gasteiger charge is -2.48. The van der Waals surface area contributed by atoms with Crippen molar-refractivity contribution < 1.29 is 14.3 Å². The zero-order valence-electron chi connectivity index (χ0n) is 18.7. The van der Waals surface area contributed by atoms with Gasteiger partial charge in [-0.3, -0.25) is 14.5 Å². The summed E-state index contributed by atoms with van der Waals surface area (Å²) < 4.78 is 5.84. The second-order valence-electron chi connectivity index (χ2n) is 9.86. The predicted octanol–water partition coefficient (Wildman–Crippen LogP) is 2.51. The number of nitrogens with zero attached hydrogens (tertiary/aromatic N) is 1. The minimum Gasteiger partial charge on any atom is -0.369 e. The molecule has 2 aliphatic carbocycles. The van der Waals surface area contributed by atoms with Crippen LogP contribution in [0, 0.1) is 17.3 Å². The van der Waals surface area contributed by atoms with Crippen LogP contribution in [0.3, 0.4) is 0 Å². The summed E-state index contributed by atoms with van der Waals surface area (Å²) in [6, 6.07) is 10.6. The Labute approximate surface area is 185 Å². The van der Waals surface area contributed by atoms with E-state index in [1.54, 1.807) is 0 Å². The van der Waals surface area contributed by atoms with E-state index in [0.29, 0.717) is 25.0 Å². The number of morpholine rings is 1. The van der Waals surface area contributed by atoms with Crippen molar-refractivity contribution in [2.75, 3.05) is 26.2 Å². The molecule has 1 aliphatic heterocycles. The van der Waals surface area contributed by atoms with Gasteiger partial charge in [0.05, 0.1) is 6.61 Å². The van der Waals surface area contributed by atoms with E-state index in [2.05, 4.69) is 41.4 Å². The monoisotopic (exact) mass is 427 g/mol. The molecule has 2 bridgehead atoms. The molecule has 6 heteroatoms. The molecule has 3 fully saturated rings. The summed E-state index contributed by atoms with van der Waals surface area (Å²) in [5.74, 6) is 0.724. The second kappa shape index (κ2) is 9.70. The lowest BCUT2D eigenvalue weighted by atomic mass is 9.58. The topological polar surface area (TPSA) is 84.7 Å². The molecule has 3 N–H and O–H groups in total. The van der Waals surface area contributed by atoms with Gasteiger partial charge in [-0.2, -0.15) is 0 Å². The van der Waals surface area contributed by atoms with Crippen LogP contribution >= 0.6 is 0 Å². The largest absolute Gasteiger partial charge is 0.369 e. The summed E-state index contributed by atoms with van der Waals surface area (Å²) in [5, 5.41) is 3.30. The molecule has 31 heavy (non-hydrogen) atoms. The lowest BCUT2D eigenvalue weighted by Crippen LogP contribution is -2.56. The highest BCUT2D eigenvalue weighted by molar-refractivity contribution is 5.82. The number of hydrogen-bond donors (Lipinski definition) is 2. The number of nitrogens with one attached hydrogen (secondary N) is 1. The average molecular weight is 428 g/mol. The number of carbonyl (C=O) groups excluding carboxylic acids is 2. The van der Waals surface area contributed by atoms with E-state index < -0.39 is 11.5 Å². The molecule has 3 unspecified atom stereocenters. The smallest absolute Gasteiger partial charge is 0.250 e. The number of ether oxygens (including phenoxy) is 1. The first-order chi connectivity index (χ1) is 15.0. The van der Waals surface area contributed by atoms with Crippen LogP contribution in [0.2, 0.25) is 0 Å². The fourth-order valence-corrected chi connectivity index (χ4v) is 6.04. The summed E-state index contributed by atoms with van der Waals surface area (Å²) in [5.41, 5.74) is 6.73. The van der Waals surface area contributed by atoms with Gasteiger partial charge in [0.1, 0.15) is 6.10 Å². The number of benzene rings is 1. The molecule has 4 rings (SSSR count). The molecule has 2 amide bonds. The first-order valence-electron chi connectivity index (χ1n) is 12.0. The van der Waals surface area contributed by atoms with E-state index in [-0.39, 0.29) is 17.9 Å². The molecule has 5 atom stereocenters. The van der Waals surface area contributed by atoms with Gasteiger partial charge in [-0.25, -0.2) is 0 Å². The zero-order valence-corrected chi connectivity index (χ0v) is 18.7. The predicted molar refractivity (Wildman–Crippen MR) is 120 cm³/mol. The number of amides is 2. The summed E-state index contributed by atoms with van der Waals surface area (Å²) in [6.45, 7) is 5.09. The SMILES string of the molecule is CC[C@@]1(C(N)=O)CC2CCC(NC(=O)[C@H]3CN(CCc4ccccc4)CCO3)C(C2)C1. The third-order valence-electron chi connectivity index (χ3n) is 7.95. The van der Waals surface area contributed by atoms with E-state index in [1.807, 2.05) is 6.07 Å². The highest BCUT2D eigenvalue weighted by Crippen LogP contribution is 2.50. The number of carbonyl (C=O) groups is 2. The molecule has 1 saturated heterocycles. The molecular weight excluding hydrogens is 390 g/mol. The van der Waals surface area contributed by atoms with Crippen LogP contribution < -0.4 is 11.1 Å². The van der Waals surface area contributed by atoms with E-state index in [4.69, 9.17) is 10.5 Å². The van der Waals surface area contributed by atoms with Crippen molar-refractivity contribution in [3.63, 3.8) is 0 Å². The standard InChI is InChI=1S/C25H37N3O3/c1-2-25(24(26)30)15-19-8-9-21(20(14-19)16-25)27-23(29)22-17-28(12-13-31-22)11-10-18-6-4-3-5-7-18/h3-7,19-22H,2,8-17H2,1H3,(H2,26,30)(H,27,29)/t19?,20?,21?,22-,25-/m1/s1. The highest BCUT2D eigenvalue weighted by atomic mass is 16.5. The maximum Gasteiger partial charge on any atom is 0.250 e. The maximum absolute atomic E-state index is 13.1. The van der Waals surface area contributed by atoms with Crippen LogP contribution in [-0.2, 0) is 20.7 Å². The van der Waals surface area contributed by atoms with Gasteiger partial charge in [0.15, 0.2) is 0 Å². The Kier molecular flexibility index (Phi) is 6.97. The molecule has 1 heterocycles. The number of nitrogens with two attached hydrogens (primary N) is 1. The van der Waals surface area contributed by atoms with Gasteiger partial charge in [-0.05, 0) is 62.3 Å². The Morgan fingerprint density at radius 2 is 2.03 bits per heavy atom. The van der Waals surface area contributed by atoms with Crippen molar-refractivity contribution in [3.8, 4) is 0 Å². The van der Waals surface area contributed by atoms with Gasteiger partial charge in [0.25, 0.3) is 5.91 Å². The Hall–Kier alpha value is -1.92. The van der Waals surface area contributed by atoms with Crippen LogP contribution in [0.4, 0.5) is 0 Å². The van der Waals surface area contributed by atoms with E-state index in [1.165, 1.54) is 5.56 Å². The van der Waals surface area contributed by atoms with Crippen molar-refractivity contribution in [3.05, 3.63) is 35.9 Å². The van der Waals surface area contributed by atoms with Gasteiger partial charge >= 0.3 is 0 Å². The molecular formula is C25H37N3O3. The molecule has 3 aliphatic rings. The van der Waals surface area contributed by atoms with Gasteiger partial charge in [-0.1, -0.05) is 37.3 Å². The van der Waals surface area contributed by atoms with Crippen LogP contribution in [0.15, 0.2) is 30.3 Å². The Morgan fingerprint density at radius 1 is 1.23 bits per heavy atom. The third-order valence-corrected chi connectivity index (χ3v) is 7.95. The summed E-state index contributed by atoms with van der Waals surface area (Å²) >= 11 is 0. The average Bonchev–Trinajstić information content (AvgIpc) is 2.80. The van der Waals surface area contributed by atoms with Crippen molar-refractivity contribution in [2.24, 2.45) is 23.0 Å². The second-order valence-corrected chi connectivity index (χ2v) is 9.86. The minimum absolute atomic E-state index is 0.000363. The van der Waals surface area contributed by atoms with E-state index in [0.717, 1.165) is 58.0 Å². The minimum atomic E-state index is -0.419. The molecule has 2 saturated carbocycles. The Bertz CT molecular complexity index is 771. The Morgan fingerprint density at radius 3 is 2.77 bits per heavy atom. The number of primary amides is 1. The fraction of sp³-hybridized carbons (Fsp3) is 0.680. The fourth-order valence-electron chi connectivity index (χ4n) is 6.04. The van der Waals surface area contributed by atoms with Crippen LogP contribution in [-0.4, -0.2) is 55.1 Å². The normalized spacial score (nSPS) is 33.6. The van der Waals surface area contributed by atoms with Gasteiger partial charge < -0.3 is 15.8 Å². The first-order valence-corrected chi connectivity index (χ1v) is 12.0. The summed E-state index contributed by atoms with van der Waals surface area (Å²) in [7, 11) is 0. The van der Waals surface area contributed by atoms with Crippen molar-refractivity contribution in [1.29, 1.82) is 0 Å². The number of fused-ring (bicyclic) bond motifs is 2. The zero-order chi connectivity index (χ0) is 21.8. The van der Waals surface area contributed by atoms with Crippen LogP contribution in [0.5, 0.6) is 0 Å². The highest BCUT2D eigenvalue weighted by Gasteiger charge is 2.48. The maximum atomic E-state index is 13.1. The van der Waals surface area contributed by atoms with E-state index >= 15 is 0 Å². The van der Waals surface area contributed by atoms with Crippen molar-refractivity contribution >= 4 is 11.8 Å². The van der Waals surface area contributed by atoms with Gasteiger partial charge in [0.2, 0.25) is 5.91 Å². The van der Waals surface area contributed by atoms with E-state index in [9.17, 15) is 9.59 Å². The molecule has 6 nitrogen and oxygen atoms in total. The van der Waals surface area contributed by atoms with Crippen LogP contribution in [0.25, 0.3) is 0 Å². The molecule has 0 spiro atoms.